The van der Waals surface area contributed by atoms with Crippen LogP contribution >= 0.6 is 11.6 Å². The lowest BCUT2D eigenvalue weighted by Gasteiger charge is -2.26. The minimum absolute atomic E-state index is 0.334. The number of aromatic hydroxyl groups is 1. The number of hydrogen-bond acceptors (Lipinski definition) is 2. The average Bonchev–Trinajstić information content (AvgIpc) is 2.32. The van der Waals surface area contributed by atoms with Gasteiger partial charge in [0.1, 0.15) is 5.75 Å². The van der Waals surface area contributed by atoms with E-state index in [1.807, 2.05) is 6.07 Å². The van der Waals surface area contributed by atoms with Crippen molar-refractivity contribution in [2.24, 2.45) is 0 Å². The first kappa shape index (κ1) is 15.3. The molecule has 0 radical (unpaired) electrons. The average molecular weight is 270 g/mol. The third kappa shape index (κ3) is 4.87. The molecular weight excluding hydrogens is 246 g/mol. The van der Waals surface area contributed by atoms with E-state index >= 15 is 0 Å². The molecule has 0 heterocycles. The molecular formula is C15H24ClNO. The lowest BCUT2D eigenvalue weighted by Crippen LogP contribution is -2.31. The third-order valence-corrected chi connectivity index (χ3v) is 3.43. The lowest BCUT2D eigenvalue weighted by molar-refractivity contribution is 0.206. The van der Waals surface area contributed by atoms with Gasteiger partial charge >= 0.3 is 0 Å². The molecule has 0 aliphatic heterocycles. The second-order valence-corrected chi connectivity index (χ2v) is 5.48. The maximum atomic E-state index is 9.85. The molecule has 0 amide bonds. The van der Waals surface area contributed by atoms with Crippen LogP contribution < -0.4 is 0 Å². The van der Waals surface area contributed by atoms with Crippen molar-refractivity contribution in [3.63, 3.8) is 0 Å². The summed E-state index contributed by atoms with van der Waals surface area (Å²) in [6.07, 6.45) is 3.69. The first-order valence-electron chi connectivity index (χ1n) is 6.76. The van der Waals surface area contributed by atoms with Crippen LogP contribution in [-0.2, 0) is 6.54 Å². The molecule has 1 N–H and O–H groups in total. The van der Waals surface area contributed by atoms with Crippen LogP contribution in [0.4, 0.5) is 0 Å². The van der Waals surface area contributed by atoms with Gasteiger partial charge in [-0.2, -0.15) is 0 Å². The number of halogens is 1. The van der Waals surface area contributed by atoms with Crippen LogP contribution in [0.5, 0.6) is 5.75 Å². The van der Waals surface area contributed by atoms with Gasteiger partial charge < -0.3 is 5.11 Å². The van der Waals surface area contributed by atoms with Gasteiger partial charge in [-0.1, -0.05) is 31.4 Å². The highest BCUT2D eigenvalue weighted by molar-refractivity contribution is 6.30. The van der Waals surface area contributed by atoms with Crippen LogP contribution in [0.2, 0.25) is 5.02 Å². The van der Waals surface area contributed by atoms with Crippen LogP contribution in [0.3, 0.4) is 0 Å². The molecule has 0 aliphatic rings. The zero-order valence-corrected chi connectivity index (χ0v) is 12.4. The highest BCUT2D eigenvalue weighted by Gasteiger charge is 2.12. The van der Waals surface area contributed by atoms with Crippen molar-refractivity contribution >= 4 is 11.6 Å². The van der Waals surface area contributed by atoms with Crippen molar-refractivity contribution in [1.29, 1.82) is 0 Å². The molecule has 0 spiro atoms. The summed E-state index contributed by atoms with van der Waals surface area (Å²) in [6, 6.07) is 5.71. The molecule has 102 valence electrons. The van der Waals surface area contributed by atoms with E-state index < -0.39 is 0 Å². The molecule has 0 aliphatic carbocycles. The molecule has 2 nitrogen and oxygen atoms in total. The van der Waals surface area contributed by atoms with Crippen molar-refractivity contribution in [3.05, 3.63) is 28.8 Å². The molecule has 0 unspecified atom stereocenters. The molecule has 3 heteroatoms. The van der Waals surface area contributed by atoms with Gasteiger partial charge in [0.05, 0.1) is 0 Å². The van der Waals surface area contributed by atoms with Crippen LogP contribution in [0.25, 0.3) is 0 Å². The molecule has 0 saturated carbocycles. The smallest absolute Gasteiger partial charge is 0.120 e. The van der Waals surface area contributed by atoms with Gasteiger partial charge in [0, 0.05) is 23.2 Å². The van der Waals surface area contributed by atoms with E-state index in [-0.39, 0.29) is 0 Å². The van der Waals surface area contributed by atoms with E-state index in [9.17, 15) is 5.11 Å². The summed E-state index contributed by atoms with van der Waals surface area (Å²) in [6.45, 7) is 8.41. The van der Waals surface area contributed by atoms with Gasteiger partial charge in [-0.15, -0.1) is 0 Å². The molecule has 1 aromatic carbocycles. The van der Waals surface area contributed by atoms with Crippen molar-refractivity contribution in [3.8, 4) is 5.75 Å². The fourth-order valence-corrected chi connectivity index (χ4v) is 2.18. The summed E-state index contributed by atoms with van der Waals surface area (Å²) in [5.41, 5.74) is 0.910. The Bertz CT molecular complexity index is 366. The Labute approximate surface area is 116 Å². The molecule has 1 rings (SSSR count). The maximum Gasteiger partial charge on any atom is 0.120 e. The van der Waals surface area contributed by atoms with Crippen molar-refractivity contribution in [2.75, 3.05) is 6.54 Å². The Hall–Kier alpha value is -0.730. The monoisotopic (exact) mass is 269 g/mol. The zero-order valence-electron chi connectivity index (χ0n) is 11.6. The van der Waals surface area contributed by atoms with Gasteiger partial charge in [0.2, 0.25) is 0 Å². The minimum Gasteiger partial charge on any atom is -0.508 e. The summed E-state index contributed by atoms with van der Waals surface area (Å²) in [5.74, 6) is 0.334. The summed E-state index contributed by atoms with van der Waals surface area (Å²) < 4.78 is 0. The summed E-state index contributed by atoms with van der Waals surface area (Å²) >= 11 is 5.98. The summed E-state index contributed by atoms with van der Waals surface area (Å²) in [4.78, 5) is 2.38. The first-order valence-corrected chi connectivity index (χ1v) is 7.13. The molecule has 1 aromatic rings. The second kappa shape index (κ2) is 7.65. The van der Waals surface area contributed by atoms with Gasteiger partial charge in [-0.3, -0.25) is 4.90 Å². The van der Waals surface area contributed by atoms with Crippen LogP contribution in [0.15, 0.2) is 18.2 Å². The number of unbranched alkanes of at least 4 members (excludes halogenated alkanes) is 2. The van der Waals surface area contributed by atoms with E-state index in [1.165, 1.54) is 19.3 Å². The standard InChI is InChI=1S/C15H24ClNO/c1-4-5-6-9-17(12(2)3)11-13-10-14(16)7-8-15(13)18/h7-8,10,12,18H,4-6,9,11H2,1-3H3. The lowest BCUT2D eigenvalue weighted by atomic mass is 10.1. The number of phenolic OH excluding ortho intramolecular Hbond substituents is 1. The van der Waals surface area contributed by atoms with Gasteiger partial charge in [0.15, 0.2) is 0 Å². The Kier molecular flexibility index (Phi) is 6.51. The van der Waals surface area contributed by atoms with E-state index in [1.54, 1.807) is 12.1 Å². The number of phenols is 1. The van der Waals surface area contributed by atoms with E-state index in [0.717, 1.165) is 18.7 Å². The van der Waals surface area contributed by atoms with Crippen LogP contribution in [0, 0.1) is 0 Å². The Morgan fingerprint density at radius 3 is 2.61 bits per heavy atom. The number of hydrogen-bond donors (Lipinski definition) is 1. The predicted molar refractivity (Wildman–Crippen MR) is 78.2 cm³/mol. The summed E-state index contributed by atoms with van der Waals surface area (Å²) in [7, 11) is 0. The fraction of sp³-hybridized carbons (Fsp3) is 0.600. The van der Waals surface area contributed by atoms with Crippen molar-refractivity contribution in [1.82, 2.24) is 4.90 Å². The SMILES string of the molecule is CCCCCN(Cc1cc(Cl)ccc1O)C(C)C. The largest absolute Gasteiger partial charge is 0.508 e. The van der Waals surface area contributed by atoms with Crippen molar-refractivity contribution in [2.45, 2.75) is 52.6 Å². The molecule has 0 aromatic heterocycles. The second-order valence-electron chi connectivity index (χ2n) is 5.04. The highest BCUT2D eigenvalue weighted by atomic mass is 35.5. The van der Waals surface area contributed by atoms with E-state index in [0.29, 0.717) is 16.8 Å². The number of rotatable bonds is 7. The normalized spacial score (nSPS) is 11.4. The Morgan fingerprint density at radius 2 is 2.00 bits per heavy atom. The quantitative estimate of drug-likeness (QED) is 0.740. The molecule has 0 fully saturated rings. The first-order chi connectivity index (χ1) is 8.54. The van der Waals surface area contributed by atoms with E-state index in [2.05, 4.69) is 25.7 Å². The zero-order chi connectivity index (χ0) is 13.5. The topological polar surface area (TPSA) is 23.5 Å². The maximum absolute atomic E-state index is 9.85. The number of nitrogens with zero attached hydrogens (tertiary/aromatic N) is 1. The predicted octanol–water partition coefficient (Wildman–Crippen LogP) is 4.45. The Morgan fingerprint density at radius 1 is 1.28 bits per heavy atom. The molecule has 18 heavy (non-hydrogen) atoms. The van der Waals surface area contributed by atoms with Gasteiger partial charge in [0.25, 0.3) is 0 Å². The van der Waals surface area contributed by atoms with E-state index in [4.69, 9.17) is 11.6 Å². The van der Waals surface area contributed by atoms with Gasteiger partial charge in [-0.05, 0) is 45.0 Å². The van der Waals surface area contributed by atoms with Crippen molar-refractivity contribution < 1.29 is 5.11 Å². The molecule has 0 atom stereocenters. The van der Waals surface area contributed by atoms with Crippen LogP contribution in [0.1, 0.15) is 45.6 Å². The Balaban J connectivity index is 2.67. The summed E-state index contributed by atoms with van der Waals surface area (Å²) in [5, 5.41) is 10.5. The highest BCUT2D eigenvalue weighted by Crippen LogP contribution is 2.23. The fourth-order valence-electron chi connectivity index (χ4n) is 1.98. The third-order valence-electron chi connectivity index (χ3n) is 3.19. The number of benzene rings is 1. The molecule has 0 saturated heterocycles. The minimum atomic E-state index is 0.334. The van der Waals surface area contributed by atoms with Gasteiger partial charge in [-0.25, -0.2) is 0 Å². The molecule has 0 bridgehead atoms. The van der Waals surface area contributed by atoms with Crippen LogP contribution in [-0.4, -0.2) is 22.6 Å².